The van der Waals surface area contributed by atoms with Crippen molar-refractivity contribution < 1.29 is 4.79 Å². The van der Waals surface area contributed by atoms with Gasteiger partial charge in [0.05, 0.1) is 5.92 Å². The molecule has 0 spiro atoms. The van der Waals surface area contributed by atoms with Crippen LogP contribution in [0.1, 0.15) is 30.4 Å². The summed E-state index contributed by atoms with van der Waals surface area (Å²) in [6.07, 6.45) is 2.44. The summed E-state index contributed by atoms with van der Waals surface area (Å²) in [6.45, 7) is 3.94. The molecular formula is C16H17BrN2O. The van der Waals surface area contributed by atoms with Gasteiger partial charge in [0.15, 0.2) is 0 Å². The minimum Gasteiger partial charge on any atom is -0.310 e. The number of carbonyl (C=O) groups is 1. The number of hydrogen-bond donors (Lipinski definition) is 1. The van der Waals surface area contributed by atoms with Crippen LogP contribution in [0, 0.1) is 6.92 Å². The van der Waals surface area contributed by atoms with Crippen LogP contribution >= 0.6 is 15.9 Å². The van der Waals surface area contributed by atoms with Crippen molar-refractivity contribution in [2.75, 3.05) is 5.32 Å². The van der Waals surface area contributed by atoms with Gasteiger partial charge in [0.2, 0.25) is 5.91 Å². The predicted octanol–water partition coefficient (Wildman–Crippen LogP) is 4.28. The Kier molecular flexibility index (Phi) is 4.90. The standard InChI is InChI=1S/C16H17BrN2O/c1-3-14(12-7-5-4-6-8-12)16(20)19-15-11(2)9-13(17)10-18-15/h4-10,14H,3H2,1-2H3,(H,18,19,20). The van der Waals surface area contributed by atoms with Gasteiger partial charge in [0, 0.05) is 10.7 Å². The maximum Gasteiger partial charge on any atom is 0.233 e. The highest BCUT2D eigenvalue weighted by Gasteiger charge is 2.19. The number of carbonyl (C=O) groups excluding carboxylic acids is 1. The Balaban J connectivity index is 2.18. The number of hydrogen-bond acceptors (Lipinski definition) is 2. The molecule has 0 radical (unpaired) electrons. The first-order chi connectivity index (χ1) is 9.61. The molecule has 1 amide bonds. The lowest BCUT2D eigenvalue weighted by Gasteiger charge is -2.16. The monoisotopic (exact) mass is 332 g/mol. The predicted molar refractivity (Wildman–Crippen MR) is 84.8 cm³/mol. The van der Waals surface area contributed by atoms with Gasteiger partial charge in [0.25, 0.3) is 0 Å². The van der Waals surface area contributed by atoms with E-state index in [1.54, 1.807) is 6.20 Å². The Labute approximate surface area is 127 Å². The lowest BCUT2D eigenvalue weighted by Crippen LogP contribution is -2.21. The molecule has 0 aliphatic carbocycles. The van der Waals surface area contributed by atoms with Crippen molar-refractivity contribution in [1.29, 1.82) is 0 Å². The number of benzene rings is 1. The number of aryl methyl sites for hydroxylation is 1. The zero-order chi connectivity index (χ0) is 14.5. The Morgan fingerprint density at radius 2 is 2.05 bits per heavy atom. The zero-order valence-electron chi connectivity index (χ0n) is 11.6. The van der Waals surface area contributed by atoms with Gasteiger partial charge in [-0.25, -0.2) is 4.98 Å². The number of halogens is 1. The second kappa shape index (κ2) is 6.66. The fourth-order valence-electron chi connectivity index (χ4n) is 2.13. The van der Waals surface area contributed by atoms with Crippen LogP contribution in [-0.2, 0) is 4.79 Å². The topological polar surface area (TPSA) is 42.0 Å². The smallest absolute Gasteiger partial charge is 0.233 e. The summed E-state index contributed by atoms with van der Waals surface area (Å²) in [4.78, 5) is 16.7. The van der Waals surface area contributed by atoms with Crippen molar-refractivity contribution in [2.45, 2.75) is 26.2 Å². The van der Waals surface area contributed by atoms with Gasteiger partial charge in [-0.15, -0.1) is 0 Å². The molecule has 0 aliphatic rings. The lowest BCUT2D eigenvalue weighted by atomic mass is 9.95. The highest BCUT2D eigenvalue weighted by molar-refractivity contribution is 9.10. The largest absolute Gasteiger partial charge is 0.310 e. The van der Waals surface area contributed by atoms with E-state index in [-0.39, 0.29) is 11.8 Å². The molecular weight excluding hydrogens is 316 g/mol. The Morgan fingerprint density at radius 1 is 1.35 bits per heavy atom. The SMILES string of the molecule is CCC(C(=O)Nc1ncc(Br)cc1C)c1ccccc1. The van der Waals surface area contributed by atoms with E-state index >= 15 is 0 Å². The second-order valence-corrected chi connectivity index (χ2v) is 5.60. The minimum absolute atomic E-state index is 0.0170. The van der Waals surface area contributed by atoms with Crippen molar-refractivity contribution in [2.24, 2.45) is 0 Å². The number of pyridine rings is 1. The molecule has 0 bridgehead atoms. The van der Waals surface area contributed by atoms with Gasteiger partial charge in [-0.2, -0.15) is 0 Å². The summed E-state index contributed by atoms with van der Waals surface area (Å²) in [5, 5.41) is 2.92. The summed E-state index contributed by atoms with van der Waals surface area (Å²) in [5.74, 6) is 0.449. The van der Waals surface area contributed by atoms with Gasteiger partial charge in [-0.3, -0.25) is 4.79 Å². The molecule has 1 unspecified atom stereocenters. The first kappa shape index (κ1) is 14.7. The van der Waals surface area contributed by atoms with E-state index in [0.717, 1.165) is 22.0 Å². The van der Waals surface area contributed by atoms with Gasteiger partial charge in [0.1, 0.15) is 5.82 Å². The van der Waals surface area contributed by atoms with Gasteiger partial charge in [-0.05, 0) is 46.5 Å². The van der Waals surface area contributed by atoms with Crippen LogP contribution in [0.5, 0.6) is 0 Å². The second-order valence-electron chi connectivity index (χ2n) is 4.68. The minimum atomic E-state index is -0.152. The Morgan fingerprint density at radius 3 is 2.65 bits per heavy atom. The van der Waals surface area contributed by atoms with E-state index < -0.39 is 0 Å². The highest BCUT2D eigenvalue weighted by atomic mass is 79.9. The van der Waals surface area contributed by atoms with E-state index in [9.17, 15) is 4.79 Å². The molecule has 0 saturated carbocycles. The zero-order valence-corrected chi connectivity index (χ0v) is 13.1. The summed E-state index contributed by atoms with van der Waals surface area (Å²) in [7, 11) is 0. The van der Waals surface area contributed by atoms with Crippen LogP contribution in [0.15, 0.2) is 47.1 Å². The number of nitrogens with one attached hydrogen (secondary N) is 1. The summed E-state index contributed by atoms with van der Waals surface area (Å²) in [6, 6.07) is 11.8. The van der Waals surface area contributed by atoms with Crippen LogP contribution in [0.2, 0.25) is 0 Å². The van der Waals surface area contributed by atoms with Crippen molar-refractivity contribution in [3.05, 3.63) is 58.2 Å². The number of nitrogens with zero attached hydrogens (tertiary/aromatic N) is 1. The fraction of sp³-hybridized carbons (Fsp3) is 0.250. The molecule has 104 valence electrons. The third-order valence-corrected chi connectivity index (χ3v) is 3.65. The molecule has 0 aliphatic heterocycles. The van der Waals surface area contributed by atoms with E-state index in [4.69, 9.17) is 0 Å². The Bertz CT molecular complexity index is 599. The number of aromatic nitrogens is 1. The van der Waals surface area contributed by atoms with Crippen molar-refractivity contribution in [3.63, 3.8) is 0 Å². The molecule has 20 heavy (non-hydrogen) atoms. The fourth-order valence-corrected chi connectivity index (χ4v) is 2.58. The first-order valence-electron chi connectivity index (χ1n) is 6.59. The molecule has 3 nitrogen and oxygen atoms in total. The van der Waals surface area contributed by atoms with E-state index in [1.807, 2.05) is 50.2 Å². The molecule has 1 N–H and O–H groups in total. The molecule has 2 aromatic rings. The lowest BCUT2D eigenvalue weighted by molar-refractivity contribution is -0.117. The van der Waals surface area contributed by atoms with Gasteiger partial charge < -0.3 is 5.32 Å². The van der Waals surface area contributed by atoms with Crippen LogP contribution in [0.4, 0.5) is 5.82 Å². The number of rotatable bonds is 4. The molecule has 1 heterocycles. The summed E-state index contributed by atoms with van der Waals surface area (Å²) >= 11 is 3.37. The maximum atomic E-state index is 12.4. The quantitative estimate of drug-likeness (QED) is 0.907. The van der Waals surface area contributed by atoms with Crippen LogP contribution in [-0.4, -0.2) is 10.9 Å². The van der Waals surface area contributed by atoms with Crippen LogP contribution in [0.25, 0.3) is 0 Å². The van der Waals surface area contributed by atoms with Crippen molar-refractivity contribution in [1.82, 2.24) is 4.98 Å². The van der Waals surface area contributed by atoms with E-state index in [2.05, 4.69) is 26.2 Å². The average molecular weight is 333 g/mol. The van der Waals surface area contributed by atoms with Gasteiger partial charge in [-0.1, -0.05) is 37.3 Å². The van der Waals surface area contributed by atoms with Crippen molar-refractivity contribution in [3.8, 4) is 0 Å². The molecule has 1 atom stereocenters. The summed E-state index contributed by atoms with van der Waals surface area (Å²) in [5.41, 5.74) is 1.97. The average Bonchev–Trinajstić information content (AvgIpc) is 2.44. The number of amides is 1. The normalized spacial score (nSPS) is 11.9. The number of anilines is 1. The van der Waals surface area contributed by atoms with Gasteiger partial charge >= 0.3 is 0 Å². The molecule has 1 aromatic carbocycles. The first-order valence-corrected chi connectivity index (χ1v) is 7.39. The van der Waals surface area contributed by atoms with Crippen molar-refractivity contribution >= 4 is 27.7 Å². The molecule has 0 fully saturated rings. The Hall–Kier alpha value is -1.68. The van der Waals surface area contributed by atoms with E-state index in [0.29, 0.717) is 5.82 Å². The molecule has 4 heteroatoms. The molecule has 2 rings (SSSR count). The molecule has 0 saturated heterocycles. The van der Waals surface area contributed by atoms with Crippen LogP contribution in [0.3, 0.4) is 0 Å². The summed E-state index contributed by atoms with van der Waals surface area (Å²) < 4.78 is 0.906. The molecule has 1 aromatic heterocycles. The third-order valence-electron chi connectivity index (χ3n) is 3.21. The maximum absolute atomic E-state index is 12.4. The third kappa shape index (κ3) is 3.45. The van der Waals surface area contributed by atoms with Crippen LogP contribution < -0.4 is 5.32 Å². The van der Waals surface area contributed by atoms with E-state index in [1.165, 1.54) is 0 Å². The highest BCUT2D eigenvalue weighted by Crippen LogP contribution is 2.23.